The molecular formula is C17H27N5O3. The highest BCUT2D eigenvalue weighted by Crippen LogP contribution is 2.55. The van der Waals surface area contributed by atoms with Crippen molar-refractivity contribution in [3.05, 3.63) is 18.0 Å². The Morgan fingerprint density at radius 3 is 2.64 bits per heavy atom. The minimum atomic E-state index is -0.305. The van der Waals surface area contributed by atoms with Crippen LogP contribution in [0.15, 0.2) is 12.4 Å². The summed E-state index contributed by atoms with van der Waals surface area (Å²) in [4.78, 5) is 23.5. The van der Waals surface area contributed by atoms with Crippen LogP contribution >= 0.6 is 0 Å². The molecule has 8 nitrogen and oxygen atoms in total. The molecule has 0 saturated heterocycles. The van der Waals surface area contributed by atoms with Crippen LogP contribution in [0.1, 0.15) is 51.0 Å². The first-order chi connectivity index (χ1) is 12.1. The highest BCUT2D eigenvalue weighted by atomic mass is 16.5. The molecule has 1 spiro atoms. The van der Waals surface area contributed by atoms with Crippen LogP contribution in [0.3, 0.4) is 0 Å². The maximum atomic E-state index is 11.9. The summed E-state index contributed by atoms with van der Waals surface area (Å²) in [7, 11) is 0. The van der Waals surface area contributed by atoms with Gasteiger partial charge in [0.05, 0.1) is 12.8 Å². The number of carbonyl (C=O) groups is 2. The molecule has 0 unspecified atom stereocenters. The van der Waals surface area contributed by atoms with Gasteiger partial charge in [0.25, 0.3) is 0 Å². The molecule has 3 amide bonds. The van der Waals surface area contributed by atoms with Crippen LogP contribution in [0.5, 0.6) is 0 Å². The third kappa shape index (κ3) is 4.64. The monoisotopic (exact) mass is 349 g/mol. The van der Waals surface area contributed by atoms with E-state index in [1.165, 1.54) is 0 Å². The number of H-pyrrole nitrogens is 1. The van der Waals surface area contributed by atoms with E-state index < -0.39 is 0 Å². The van der Waals surface area contributed by atoms with E-state index in [1.54, 1.807) is 12.4 Å². The van der Waals surface area contributed by atoms with Crippen molar-refractivity contribution in [2.24, 2.45) is 5.41 Å². The molecule has 0 bridgehead atoms. The zero-order valence-corrected chi connectivity index (χ0v) is 14.6. The fourth-order valence-corrected chi connectivity index (χ4v) is 3.82. The van der Waals surface area contributed by atoms with Crippen LogP contribution in [0.25, 0.3) is 0 Å². The first kappa shape index (κ1) is 17.6. The largest absolute Gasteiger partial charge is 0.450 e. The average molecular weight is 349 g/mol. The van der Waals surface area contributed by atoms with Crippen molar-refractivity contribution in [1.29, 1.82) is 0 Å². The summed E-state index contributed by atoms with van der Waals surface area (Å²) in [6.45, 7) is 3.02. The van der Waals surface area contributed by atoms with E-state index in [2.05, 4.69) is 33.1 Å². The van der Waals surface area contributed by atoms with Gasteiger partial charge in [-0.1, -0.05) is 13.3 Å². The number of alkyl carbamates (subject to hydrolysis) is 1. The van der Waals surface area contributed by atoms with Gasteiger partial charge in [0.15, 0.2) is 0 Å². The van der Waals surface area contributed by atoms with Gasteiger partial charge in [-0.3, -0.25) is 5.10 Å². The number of rotatable bonds is 7. The number of aromatic amines is 1. The predicted octanol–water partition coefficient (Wildman–Crippen LogP) is 2.05. The Hall–Kier alpha value is -2.25. The Labute approximate surface area is 147 Å². The van der Waals surface area contributed by atoms with E-state index >= 15 is 0 Å². The summed E-state index contributed by atoms with van der Waals surface area (Å²) in [5.41, 5.74) is 1.24. The van der Waals surface area contributed by atoms with Gasteiger partial charge in [0.2, 0.25) is 0 Å². The molecule has 1 heterocycles. The number of amides is 3. The quantitative estimate of drug-likeness (QED) is 0.565. The summed E-state index contributed by atoms with van der Waals surface area (Å²) in [5.74, 6) is 0. The zero-order valence-electron chi connectivity index (χ0n) is 14.6. The Kier molecular flexibility index (Phi) is 5.45. The summed E-state index contributed by atoms with van der Waals surface area (Å²) in [6, 6.07) is 0.293. The van der Waals surface area contributed by atoms with E-state index in [0.717, 1.165) is 44.1 Å². The highest BCUT2D eigenvalue weighted by molar-refractivity contribution is 5.74. The molecule has 3 rings (SSSR count). The lowest BCUT2D eigenvalue weighted by molar-refractivity contribution is -0.0251. The first-order valence-corrected chi connectivity index (χ1v) is 9.04. The van der Waals surface area contributed by atoms with Crippen LogP contribution in [-0.2, 0) is 11.3 Å². The number of urea groups is 1. The van der Waals surface area contributed by atoms with Gasteiger partial charge in [-0.15, -0.1) is 0 Å². The molecule has 0 aromatic carbocycles. The average Bonchev–Trinajstić information content (AvgIpc) is 3.02. The fraction of sp³-hybridized carbons (Fsp3) is 0.706. The smallest absolute Gasteiger partial charge is 0.407 e. The lowest BCUT2D eigenvalue weighted by Gasteiger charge is -2.57. The topological polar surface area (TPSA) is 108 Å². The molecule has 0 atom stereocenters. The van der Waals surface area contributed by atoms with E-state index in [1.807, 2.05) is 0 Å². The molecule has 8 heteroatoms. The summed E-state index contributed by atoms with van der Waals surface area (Å²) in [5, 5.41) is 15.3. The van der Waals surface area contributed by atoms with Crippen LogP contribution in [0.4, 0.5) is 9.59 Å². The second-order valence-electron chi connectivity index (χ2n) is 7.28. The zero-order chi connectivity index (χ0) is 17.7. The molecule has 25 heavy (non-hydrogen) atoms. The lowest BCUT2D eigenvalue weighted by Crippen LogP contribution is -2.61. The Bertz CT molecular complexity index is 575. The van der Waals surface area contributed by atoms with Gasteiger partial charge in [-0.25, -0.2) is 9.59 Å². The number of hydrogen-bond acceptors (Lipinski definition) is 4. The van der Waals surface area contributed by atoms with E-state index in [4.69, 9.17) is 4.74 Å². The summed E-state index contributed by atoms with van der Waals surface area (Å²) in [6.07, 6.45) is 8.98. The van der Waals surface area contributed by atoms with Crippen LogP contribution in [0.2, 0.25) is 0 Å². The van der Waals surface area contributed by atoms with Gasteiger partial charge in [0.1, 0.15) is 0 Å². The number of carbonyl (C=O) groups excluding carboxylic acids is 2. The Balaban J connectivity index is 1.26. The number of ether oxygens (including phenoxy) is 1. The normalized spacial score (nSPS) is 27.1. The van der Waals surface area contributed by atoms with Gasteiger partial charge in [0, 0.05) is 30.4 Å². The SMILES string of the molecule is CCCCOC(=O)NC1CC2(CC(NC(=O)NCc3cn[nH]c3)C2)C1. The second-order valence-corrected chi connectivity index (χ2v) is 7.28. The van der Waals surface area contributed by atoms with Gasteiger partial charge in [-0.05, 0) is 37.5 Å². The number of aromatic nitrogens is 2. The highest BCUT2D eigenvalue weighted by Gasteiger charge is 2.53. The fourth-order valence-electron chi connectivity index (χ4n) is 3.82. The Morgan fingerprint density at radius 2 is 2.00 bits per heavy atom. The lowest BCUT2D eigenvalue weighted by atomic mass is 9.52. The van der Waals surface area contributed by atoms with Crippen LogP contribution in [0, 0.1) is 5.41 Å². The summed E-state index contributed by atoms with van der Waals surface area (Å²) < 4.78 is 5.12. The third-order valence-corrected chi connectivity index (χ3v) is 5.11. The maximum absolute atomic E-state index is 11.9. The molecule has 1 aromatic rings. The molecule has 2 saturated carbocycles. The number of hydrogen-bond donors (Lipinski definition) is 4. The molecule has 2 fully saturated rings. The van der Waals surface area contributed by atoms with Crippen molar-refractivity contribution in [1.82, 2.24) is 26.1 Å². The first-order valence-electron chi connectivity index (χ1n) is 9.04. The van der Waals surface area contributed by atoms with Gasteiger partial charge in [-0.2, -0.15) is 5.10 Å². The van der Waals surface area contributed by atoms with E-state index in [9.17, 15) is 9.59 Å². The minimum absolute atomic E-state index is 0.144. The minimum Gasteiger partial charge on any atom is -0.450 e. The standard InChI is InChI=1S/C17H27N5O3/c1-2-3-4-25-16(24)22-14-7-17(8-14)5-13(6-17)21-15(23)18-9-12-10-19-20-11-12/h10-11,13-14H,2-9H2,1H3,(H,19,20)(H,22,24)(H2,18,21,23). The molecule has 0 aliphatic heterocycles. The number of nitrogens with one attached hydrogen (secondary N) is 4. The Morgan fingerprint density at radius 1 is 1.28 bits per heavy atom. The van der Waals surface area contributed by atoms with Crippen molar-refractivity contribution in [3.8, 4) is 0 Å². The van der Waals surface area contributed by atoms with Crippen molar-refractivity contribution in [3.63, 3.8) is 0 Å². The van der Waals surface area contributed by atoms with E-state index in [-0.39, 0.29) is 24.2 Å². The third-order valence-electron chi connectivity index (χ3n) is 5.11. The van der Waals surface area contributed by atoms with Gasteiger partial charge >= 0.3 is 12.1 Å². The van der Waals surface area contributed by atoms with E-state index in [0.29, 0.717) is 18.6 Å². The molecule has 4 N–H and O–H groups in total. The molecule has 138 valence electrons. The van der Waals surface area contributed by atoms with Crippen molar-refractivity contribution >= 4 is 12.1 Å². The molecule has 1 aromatic heterocycles. The second kappa shape index (κ2) is 7.76. The molecule has 2 aliphatic rings. The maximum Gasteiger partial charge on any atom is 0.407 e. The molecular weight excluding hydrogens is 322 g/mol. The van der Waals surface area contributed by atoms with Gasteiger partial charge < -0.3 is 20.7 Å². The molecule has 0 radical (unpaired) electrons. The van der Waals surface area contributed by atoms with Crippen molar-refractivity contribution in [2.45, 2.75) is 64.1 Å². The van der Waals surface area contributed by atoms with Crippen molar-refractivity contribution < 1.29 is 14.3 Å². The number of unbranched alkanes of at least 4 members (excludes halogenated alkanes) is 1. The van der Waals surface area contributed by atoms with Crippen molar-refractivity contribution in [2.75, 3.05) is 6.61 Å². The predicted molar refractivity (Wildman–Crippen MR) is 91.8 cm³/mol. The van der Waals surface area contributed by atoms with Crippen LogP contribution in [-0.4, -0.2) is 41.0 Å². The molecule has 2 aliphatic carbocycles. The number of nitrogens with zero attached hydrogens (tertiary/aromatic N) is 1. The summed E-state index contributed by atoms with van der Waals surface area (Å²) >= 11 is 0. The van der Waals surface area contributed by atoms with Crippen LogP contribution < -0.4 is 16.0 Å².